The molecule has 0 radical (unpaired) electrons. The summed E-state index contributed by atoms with van der Waals surface area (Å²) in [4.78, 5) is 4.46. The third kappa shape index (κ3) is 8.16. The monoisotopic (exact) mass is 445 g/mol. The first-order valence-electron chi connectivity index (χ1n) is 9.45. The predicted octanol–water partition coefficient (Wildman–Crippen LogP) is 3.89. The normalized spacial score (nSPS) is 11.0. The van der Waals surface area contributed by atoms with Gasteiger partial charge in [0.15, 0.2) is 0 Å². The molecule has 0 aliphatic carbocycles. The lowest BCUT2D eigenvalue weighted by molar-refractivity contribution is 0.302. The van der Waals surface area contributed by atoms with Crippen LogP contribution in [0, 0.1) is 6.92 Å². The molecule has 2 rings (SSSR count). The number of nitrogens with one attached hydrogen (secondary N) is 2. The number of halogens is 2. The first-order valence-corrected chi connectivity index (χ1v) is 10.9. The van der Waals surface area contributed by atoms with Crippen LogP contribution >= 0.6 is 12.4 Å². The van der Waals surface area contributed by atoms with E-state index < -0.39 is 10.0 Å². The van der Waals surface area contributed by atoms with Crippen LogP contribution in [0.4, 0.5) is 10.1 Å². The number of hydrogen-bond donors (Lipinski definition) is 2. The number of aromatic nitrogens is 1. The molecule has 0 fully saturated rings. The molecule has 2 aromatic rings. The van der Waals surface area contributed by atoms with Crippen molar-refractivity contribution in [1.82, 2.24) is 10.3 Å². The summed E-state index contributed by atoms with van der Waals surface area (Å²) in [5, 5.41) is 3.23. The number of ether oxygens (including phenoxy) is 1. The van der Waals surface area contributed by atoms with Crippen molar-refractivity contribution in [2.75, 3.05) is 31.1 Å². The molecule has 0 atom stereocenters. The molecule has 2 N–H and O–H groups in total. The van der Waals surface area contributed by atoms with E-state index in [0.717, 1.165) is 25.1 Å². The maximum atomic E-state index is 12.6. The molecule has 9 heteroatoms. The van der Waals surface area contributed by atoms with Crippen molar-refractivity contribution in [3.05, 3.63) is 47.7 Å². The van der Waals surface area contributed by atoms with Gasteiger partial charge in [0.2, 0.25) is 5.88 Å². The van der Waals surface area contributed by atoms with Gasteiger partial charge in [0.1, 0.15) is 6.61 Å². The fourth-order valence-electron chi connectivity index (χ4n) is 2.57. The van der Waals surface area contributed by atoms with E-state index in [1.807, 2.05) is 0 Å². The molecular formula is C20H29ClFN3O3S. The molecule has 0 aliphatic rings. The van der Waals surface area contributed by atoms with Crippen molar-refractivity contribution in [1.29, 1.82) is 0 Å². The quantitative estimate of drug-likeness (QED) is 0.484. The van der Waals surface area contributed by atoms with Gasteiger partial charge < -0.3 is 10.1 Å². The van der Waals surface area contributed by atoms with Crippen LogP contribution in [0.15, 0.2) is 41.3 Å². The van der Waals surface area contributed by atoms with Crippen LogP contribution in [0.3, 0.4) is 0 Å². The van der Waals surface area contributed by atoms with Crippen molar-refractivity contribution in [2.24, 2.45) is 0 Å². The van der Waals surface area contributed by atoms with Gasteiger partial charge in [0.25, 0.3) is 10.0 Å². The van der Waals surface area contributed by atoms with E-state index in [4.69, 9.17) is 4.74 Å². The van der Waals surface area contributed by atoms with Gasteiger partial charge in [-0.3, -0.25) is 9.11 Å². The topological polar surface area (TPSA) is 80.3 Å². The van der Waals surface area contributed by atoms with E-state index in [-0.39, 0.29) is 24.0 Å². The van der Waals surface area contributed by atoms with Crippen molar-refractivity contribution in [3.8, 4) is 5.88 Å². The van der Waals surface area contributed by atoms with E-state index in [9.17, 15) is 12.8 Å². The first kappa shape index (κ1) is 25.1. The van der Waals surface area contributed by atoms with Crippen molar-refractivity contribution in [2.45, 2.75) is 38.0 Å². The Morgan fingerprint density at radius 3 is 2.45 bits per heavy atom. The third-order valence-electron chi connectivity index (χ3n) is 4.09. The number of hydrogen-bond acceptors (Lipinski definition) is 5. The SMILES string of the molecule is CCCNCCOc1ccc(NS(=O)(=O)c2ccc(CCCF)cc2)c(C)n1.Cl. The van der Waals surface area contributed by atoms with Crippen molar-refractivity contribution >= 4 is 28.1 Å². The Kier molecular flexibility index (Phi) is 10.9. The van der Waals surface area contributed by atoms with Crippen LogP contribution in [0.1, 0.15) is 31.0 Å². The third-order valence-corrected chi connectivity index (χ3v) is 5.47. The molecule has 0 bridgehead atoms. The lowest BCUT2D eigenvalue weighted by atomic mass is 10.1. The highest BCUT2D eigenvalue weighted by Gasteiger charge is 2.16. The molecule has 0 amide bonds. The number of rotatable bonds is 12. The van der Waals surface area contributed by atoms with Crippen LogP contribution in [-0.2, 0) is 16.4 Å². The molecule has 6 nitrogen and oxygen atoms in total. The van der Waals surface area contributed by atoms with Gasteiger partial charge in [0, 0.05) is 12.6 Å². The summed E-state index contributed by atoms with van der Waals surface area (Å²) < 4.78 is 45.6. The van der Waals surface area contributed by atoms with Crippen LogP contribution in [-0.4, -0.2) is 39.8 Å². The number of aryl methyl sites for hydroxylation is 2. The van der Waals surface area contributed by atoms with Gasteiger partial charge in [0.05, 0.1) is 23.0 Å². The van der Waals surface area contributed by atoms with E-state index in [0.29, 0.717) is 36.7 Å². The molecule has 162 valence electrons. The van der Waals surface area contributed by atoms with Gasteiger partial charge in [-0.05, 0) is 56.5 Å². The molecule has 0 spiro atoms. The predicted molar refractivity (Wildman–Crippen MR) is 116 cm³/mol. The zero-order valence-electron chi connectivity index (χ0n) is 16.8. The van der Waals surface area contributed by atoms with Crippen LogP contribution in [0.5, 0.6) is 5.88 Å². The molecule has 29 heavy (non-hydrogen) atoms. The van der Waals surface area contributed by atoms with Crippen molar-refractivity contribution < 1.29 is 17.5 Å². The molecule has 1 aromatic heterocycles. The number of benzene rings is 1. The summed E-state index contributed by atoms with van der Waals surface area (Å²) in [5.74, 6) is 0.455. The molecule has 0 unspecified atom stereocenters. The molecule has 1 heterocycles. The van der Waals surface area contributed by atoms with Gasteiger partial charge in [-0.2, -0.15) is 0 Å². The Bertz CT molecular complexity index is 849. The zero-order valence-corrected chi connectivity index (χ0v) is 18.4. The standard InChI is InChI=1S/C20H28FN3O3S.ClH/c1-3-13-22-14-15-27-20-11-10-19(16(2)23-20)24-28(25,26)18-8-6-17(7-9-18)5-4-12-21;/h6-11,22,24H,3-5,12-15H2,1-2H3;1H. The summed E-state index contributed by atoms with van der Waals surface area (Å²) in [7, 11) is -3.73. The highest BCUT2D eigenvalue weighted by atomic mass is 35.5. The van der Waals surface area contributed by atoms with E-state index in [2.05, 4.69) is 21.9 Å². The second kappa shape index (κ2) is 12.6. The Balaban J connectivity index is 0.00000420. The van der Waals surface area contributed by atoms with Gasteiger partial charge >= 0.3 is 0 Å². The minimum atomic E-state index is -3.73. The van der Waals surface area contributed by atoms with Gasteiger partial charge in [-0.25, -0.2) is 13.4 Å². The Labute approximate surface area is 178 Å². The Morgan fingerprint density at radius 1 is 1.10 bits per heavy atom. The van der Waals surface area contributed by atoms with E-state index in [1.54, 1.807) is 31.2 Å². The summed E-state index contributed by atoms with van der Waals surface area (Å²) in [6, 6.07) is 9.76. The maximum absolute atomic E-state index is 12.6. The lowest BCUT2D eigenvalue weighted by Gasteiger charge is -2.12. The molecular weight excluding hydrogens is 417 g/mol. The maximum Gasteiger partial charge on any atom is 0.261 e. The average molecular weight is 446 g/mol. The number of pyridine rings is 1. The van der Waals surface area contributed by atoms with E-state index >= 15 is 0 Å². The summed E-state index contributed by atoms with van der Waals surface area (Å²) in [5.41, 5.74) is 1.84. The van der Waals surface area contributed by atoms with Crippen LogP contribution < -0.4 is 14.8 Å². The van der Waals surface area contributed by atoms with Crippen LogP contribution in [0.25, 0.3) is 0 Å². The molecule has 1 aromatic carbocycles. The Morgan fingerprint density at radius 2 is 1.83 bits per heavy atom. The largest absolute Gasteiger partial charge is 0.476 e. The summed E-state index contributed by atoms with van der Waals surface area (Å²) >= 11 is 0. The Hall–Kier alpha value is -1.90. The van der Waals surface area contributed by atoms with Gasteiger partial charge in [-0.15, -0.1) is 12.4 Å². The van der Waals surface area contributed by atoms with Crippen LogP contribution in [0.2, 0.25) is 0 Å². The fraction of sp³-hybridized carbons (Fsp3) is 0.450. The highest BCUT2D eigenvalue weighted by Crippen LogP contribution is 2.21. The second-order valence-electron chi connectivity index (χ2n) is 6.42. The fourth-order valence-corrected chi connectivity index (χ4v) is 3.68. The first-order chi connectivity index (χ1) is 13.5. The number of nitrogens with zero attached hydrogens (tertiary/aromatic N) is 1. The average Bonchev–Trinajstić information content (AvgIpc) is 2.68. The van der Waals surface area contributed by atoms with Crippen molar-refractivity contribution in [3.63, 3.8) is 0 Å². The van der Waals surface area contributed by atoms with Gasteiger partial charge in [-0.1, -0.05) is 19.1 Å². The summed E-state index contributed by atoms with van der Waals surface area (Å²) in [6.07, 6.45) is 2.08. The minimum Gasteiger partial charge on any atom is -0.476 e. The molecule has 0 saturated heterocycles. The number of anilines is 1. The minimum absolute atomic E-state index is 0. The molecule has 0 saturated carbocycles. The second-order valence-corrected chi connectivity index (χ2v) is 8.11. The number of sulfonamides is 1. The lowest BCUT2D eigenvalue weighted by Crippen LogP contribution is -2.21. The zero-order chi connectivity index (χ0) is 20.4. The smallest absolute Gasteiger partial charge is 0.261 e. The highest BCUT2D eigenvalue weighted by molar-refractivity contribution is 7.92. The van der Waals surface area contributed by atoms with E-state index in [1.165, 1.54) is 12.1 Å². The number of alkyl halides is 1. The summed E-state index contributed by atoms with van der Waals surface area (Å²) in [6.45, 7) is 5.59. The molecule has 0 aliphatic heterocycles.